The molecule has 2 aromatic heterocycles. The molecule has 0 spiro atoms. The zero-order valence-corrected chi connectivity index (χ0v) is 14.5. The monoisotopic (exact) mass is 313 g/mol. The Morgan fingerprint density at radius 2 is 1.86 bits per heavy atom. The van der Waals surface area contributed by atoms with E-state index in [9.17, 15) is 0 Å². The number of fused-ring (bicyclic) bond motifs is 1. The zero-order valence-electron chi connectivity index (χ0n) is 13.7. The lowest BCUT2D eigenvalue weighted by Crippen LogP contribution is -2.06. The van der Waals surface area contributed by atoms with Gasteiger partial charge in [-0.1, -0.05) is 38.1 Å². The van der Waals surface area contributed by atoms with Gasteiger partial charge in [0.05, 0.1) is 11.4 Å². The summed E-state index contributed by atoms with van der Waals surface area (Å²) >= 11 is 1.76. The third-order valence-corrected chi connectivity index (χ3v) is 5.13. The van der Waals surface area contributed by atoms with Gasteiger partial charge < -0.3 is 5.73 Å². The third-order valence-electron chi connectivity index (χ3n) is 4.18. The molecule has 3 nitrogen and oxygen atoms in total. The van der Waals surface area contributed by atoms with Crippen LogP contribution in [-0.4, -0.2) is 15.9 Å². The van der Waals surface area contributed by atoms with E-state index < -0.39 is 0 Å². The fourth-order valence-corrected chi connectivity index (χ4v) is 4.02. The fourth-order valence-electron chi connectivity index (χ4n) is 2.96. The van der Waals surface area contributed by atoms with Crippen LogP contribution in [0.15, 0.2) is 24.3 Å². The van der Waals surface area contributed by atoms with Crippen molar-refractivity contribution in [2.45, 2.75) is 40.0 Å². The van der Waals surface area contributed by atoms with E-state index >= 15 is 0 Å². The van der Waals surface area contributed by atoms with Gasteiger partial charge in [0, 0.05) is 17.0 Å². The molecule has 116 valence electrons. The first kappa shape index (κ1) is 15.3. The van der Waals surface area contributed by atoms with Gasteiger partial charge >= 0.3 is 0 Å². The Bertz CT molecular complexity index is 794. The average molecular weight is 313 g/mol. The normalized spacial score (nSPS) is 11.7. The Kier molecular flexibility index (Phi) is 4.06. The van der Waals surface area contributed by atoms with Crippen LogP contribution in [0.2, 0.25) is 0 Å². The standard InChI is InChI=1S/C18H23N3S/c1-11(2)14-5-7-15(8-6-14)17-13(4)22-18-20-12(3)16(9-10-19)21(17)18/h5-8,11H,9-10,19H2,1-4H3. The molecule has 0 aliphatic rings. The molecular formula is C18H23N3S. The molecule has 0 unspecified atom stereocenters. The molecule has 3 rings (SSSR count). The van der Waals surface area contributed by atoms with Crippen molar-refractivity contribution in [3.8, 4) is 11.3 Å². The van der Waals surface area contributed by atoms with Crippen LogP contribution in [0.25, 0.3) is 16.2 Å². The van der Waals surface area contributed by atoms with E-state index in [2.05, 4.69) is 56.4 Å². The summed E-state index contributed by atoms with van der Waals surface area (Å²) in [4.78, 5) is 7.08. The van der Waals surface area contributed by atoms with Crippen LogP contribution < -0.4 is 5.73 Å². The number of hydrogen-bond acceptors (Lipinski definition) is 3. The lowest BCUT2D eigenvalue weighted by Gasteiger charge is -2.09. The molecule has 1 aromatic carbocycles. The summed E-state index contributed by atoms with van der Waals surface area (Å²) in [5, 5.41) is 0. The molecule has 22 heavy (non-hydrogen) atoms. The summed E-state index contributed by atoms with van der Waals surface area (Å²) in [6.45, 7) is 9.34. The van der Waals surface area contributed by atoms with Gasteiger partial charge in [-0.15, -0.1) is 11.3 Å². The first-order valence-electron chi connectivity index (χ1n) is 7.80. The van der Waals surface area contributed by atoms with Gasteiger partial charge in [0.2, 0.25) is 0 Å². The molecule has 2 N–H and O–H groups in total. The van der Waals surface area contributed by atoms with Crippen molar-refractivity contribution in [1.29, 1.82) is 0 Å². The second-order valence-corrected chi connectivity index (χ2v) is 7.27. The van der Waals surface area contributed by atoms with E-state index in [1.165, 1.54) is 27.4 Å². The second-order valence-electron chi connectivity index (χ2n) is 6.08. The van der Waals surface area contributed by atoms with E-state index in [-0.39, 0.29) is 0 Å². The minimum atomic E-state index is 0.556. The summed E-state index contributed by atoms with van der Waals surface area (Å²) in [5.41, 5.74) is 12.0. The summed E-state index contributed by atoms with van der Waals surface area (Å²) in [6, 6.07) is 8.92. The van der Waals surface area contributed by atoms with E-state index in [0.717, 1.165) is 17.1 Å². The maximum absolute atomic E-state index is 5.79. The number of hydrogen-bond donors (Lipinski definition) is 1. The maximum atomic E-state index is 5.79. The molecule has 0 atom stereocenters. The Morgan fingerprint density at radius 1 is 1.18 bits per heavy atom. The van der Waals surface area contributed by atoms with E-state index in [0.29, 0.717) is 12.5 Å². The predicted molar refractivity (Wildman–Crippen MR) is 94.8 cm³/mol. The summed E-state index contributed by atoms with van der Waals surface area (Å²) < 4.78 is 2.30. The zero-order chi connectivity index (χ0) is 15.9. The molecule has 0 amide bonds. The van der Waals surface area contributed by atoms with Crippen molar-refractivity contribution in [2.75, 3.05) is 6.54 Å². The molecule has 0 saturated heterocycles. The van der Waals surface area contributed by atoms with E-state index in [1.54, 1.807) is 11.3 Å². The molecule has 0 bridgehead atoms. The molecule has 0 radical (unpaired) electrons. The lowest BCUT2D eigenvalue weighted by molar-refractivity contribution is 0.866. The topological polar surface area (TPSA) is 43.3 Å². The van der Waals surface area contributed by atoms with Gasteiger partial charge in [-0.05, 0) is 37.4 Å². The highest BCUT2D eigenvalue weighted by Crippen LogP contribution is 2.34. The number of imidazole rings is 1. The molecule has 0 aliphatic heterocycles. The maximum Gasteiger partial charge on any atom is 0.194 e. The minimum Gasteiger partial charge on any atom is -0.330 e. The highest BCUT2D eigenvalue weighted by Gasteiger charge is 2.17. The molecular weight excluding hydrogens is 290 g/mol. The van der Waals surface area contributed by atoms with Crippen molar-refractivity contribution in [1.82, 2.24) is 9.38 Å². The van der Waals surface area contributed by atoms with Crippen molar-refractivity contribution < 1.29 is 0 Å². The van der Waals surface area contributed by atoms with Crippen LogP contribution in [0.4, 0.5) is 0 Å². The fraction of sp³-hybridized carbons (Fsp3) is 0.389. The van der Waals surface area contributed by atoms with E-state index in [4.69, 9.17) is 10.7 Å². The Morgan fingerprint density at radius 3 is 2.45 bits per heavy atom. The van der Waals surface area contributed by atoms with Gasteiger partial charge in [-0.25, -0.2) is 4.98 Å². The Balaban J connectivity index is 2.18. The SMILES string of the molecule is Cc1nc2sc(C)c(-c3ccc(C(C)C)cc3)n2c1CCN. The lowest BCUT2D eigenvalue weighted by atomic mass is 10.0. The van der Waals surface area contributed by atoms with Crippen LogP contribution in [0.1, 0.15) is 41.6 Å². The van der Waals surface area contributed by atoms with Gasteiger partial charge in [-0.3, -0.25) is 4.40 Å². The number of thiazole rings is 1. The van der Waals surface area contributed by atoms with E-state index in [1.807, 2.05) is 0 Å². The number of nitrogens with zero attached hydrogens (tertiary/aromatic N) is 2. The van der Waals surface area contributed by atoms with Gasteiger partial charge in [-0.2, -0.15) is 0 Å². The number of benzene rings is 1. The number of aromatic nitrogens is 2. The smallest absolute Gasteiger partial charge is 0.194 e. The predicted octanol–water partition coefficient (Wildman–Crippen LogP) is 4.30. The third kappa shape index (κ3) is 2.46. The van der Waals surface area contributed by atoms with Crippen LogP contribution in [0.5, 0.6) is 0 Å². The van der Waals surface area contributed by atoms with Crippen molar-refractivity contribution in [2.24, 2.45) is 5.73 Å². The molecule has 0 fully saturated rings. The van der Waals surface area contributed by atoms with Crippen molar-refractivity contribution >= 4 is 16.3 Å². The van der Waals surface area contributed by atoms with Crippen LogP contribution in [0.3, 0.4) is 0 Å². The van der Waals surface area contributed by atoms with Crippen LogP contribution in [-0.2, 0) is 6.42 Å². The number of rotatable bonds is 4. The molecule has 4 heteroatoms. The van der Waals surface area contributed by atoms with Crippen molar-refractivity contribution in [3.63, 3.8) is 0 Å². The minimum absolute atomic E-state index is 0.556. The Labute approximate surface area is 135 Å². The molecule has 0 saturated carbocycles. The number of nitrogens with two attached hydrogens (primary N) is 1. The summed E-state index contributed by atoms with van der Waals surface area (Å²) in [7, 11) is 0. The number of aryl methyl sites for hydroxylation is 2. The second kappa shape index (κ2) is 5.86. The van der Waals surface area contributed by atoms with Gasteiger partial charge in [0.25, 0.3) is 0 Å². The quantitative estimate of drug-likeness (QED) is 0.780. The molecule has 3 aromatic rings. The molecule has 2 heterocycles. The molecule has 0 aliphatic carbocycles. The summed E-state index contributed by atoms with van der Waals surface area (Å²) in [6.07, 6.45) is 0.861. The van der Waals surface area contributed by atoms with Gasteiger partial charge in [0.1, 0.15) is 0 Å². The highest BCUT2D eigenvalue weighted by molar-refractivity contribution is 7.17. The highest BCUT2D eigenvalue weighted by atomic mass is 32.1. The van der Waals surface area contributed by atoms with Gasteiger partial charge in [0.15, 0.2) is 4.96 Å². The average Bonchev–Trinajstić information content (AvgIpc) is 2.94. The Hall–Kier alpha value is -1.65. The first-order chi connectivity index (χ1) is 10.5. The first-order valence-corrected chi connectivity index (χ1v) is 8.62. The summed E-state index contributed by atoms with van der Waals surface area (Å²) in [5.74, 6) is 0.556. The van der Waals surface area contributed by atoms with Crippen LogP contribution >= 0.6 is 11.3 Å². The van der Waals surface area contributed by atoms with Crippen LogP contribution in [0, 0.1) is 13.8 Å². The van der Waals surface area contributed by atoms with Crippen molar-refractivity contribution in [3.05, 3.63) is 46.1 Å². The largest absolute Gasteiger partial charge is 0.330 e.